The normalized spacial score (nSPS) is 22.0. The molecule has 7 nitrogen and oxygen atoms in total. The lowest BCUT2D eigenvalue weighted by Gasteiger charge is -2.14. The van der Waals surface area contributed by atoms with Gasteiger partial charge in [0, 0.05) is 12.5 Å². The first-order chi connectivity index (χ1) is 15.4. The molecule has 2 unspecified atom stereocenters. The minimum Gasteiger partial charge on any atom is -0.337 e. The van der Waals surface area contributed by atoms with Gasteiger partial charge in [0.15, 0.2) is 12.0 Å². The number of aryl methyl sites for hydroxylation is 1. The fourth-order valence-corrected chi connectivity index (χ4v) is 4.19. The van der Waals surface area contributed by atoms with Gasteiger partial charge in [-0.2, -0.15) is 0 Å². The van der Waals surface area contributed by atoms with E-state index in [-0.39, 0.29) is 42.6 Å². The van der Waals surface area contributed by atoms with E-state index in [4.69, 9.17) is 0 Å². The first kappa shape index (κ1) is 20.2. The van der Waals surface area contributed by atoms with Gasteiger partial charge in [-0.1, -0.05) is 30.3 Å². The van der Waals surface area contributed by atoms with Crippen molar-refractivity contribution in [3.05, 3.63) is 76.9 Å². The molecule has 164 valence electrons. The average Bonchev–Trinajstić information content (AvgIpc) is 3.29. The smallest absolute Gasteiger partial charge is 0.291 e. The van der Waals surface area contributed by atoms with Crippen LogP contribution < -0.4 is 10.6 Å². The van der Waals surface area contributed by atoms with Crippen molar-refractivity contribution in [2.45, 2.75) is 37.5 Å². The maximum atomic E-state index is 14.5. The third-order valence-electron chi connectivity index (χ3n) is 5.76. The van der Waals surface area contributed by atoms with E-state index in [0.29, 0.717) is 11.6 Å². The minimum absolute atomic E-state index is 0.0549. The van der Waals surface area contributed by atoms with E-state index in [1.165, 1.54) is 4.68 Å². The molecule has 0 spiro atoms. The largest absolute Gasteiger partial charge is 0.337 e. The Hall–Kier alpha value is -3.69. The first-order valence-corrected chi connectivity index (χ1v) is 10.2. The third kappa shape index (κ3) is 3.51. The van der Waals surface area contributed by atoms with E-state index in [2.05, 4.69) is 20.7 Å². The van der Waals surface area contributed by atoms with Crippen molar-refractivity contribution in [3.8, 4) is 0 Å². The van der Waals surface area contributed by atoms with Gasteiger partial charge in [0.05, 0.1) is 11.7 Å². The zero-order valence-electron chi connectivity index (χ0n) is 16.7. The zero-order chi connectivity index (χ0) is 22.4. The molecule has 0 fully saturated rings. The molecule has 2 N–H and O–H groups in total. The van der Waals surface area contributed by atoms with Crippen LogP contribution >= 0.6 is 0 Å². The maximum Gasteiger partial charge on any atom is 0.291 e. The van der Waals surface area contributed by atoms with Gasteiger partial charge >= 0.3 is 0 Å². The van der Waals surface area contributed by atoms with E-state index >= 15 is 0 Å². The summed E-state index contributed by atoms with van der Waals surface area (Å²) in [7, 11) is 0. The van der Waals surface area contributed by atoms with Gasteiger partial charge in [0.2, 0.25) is 11.7 Å². The number of nitrogens with zero attached hydrogens (tertiary/aromatic N) is 3. The third-order valence-corrected chi connectivity index (χ3v) is 5.76. The van der Waals surface area contributed by atoms with Crippen molar-refractivity contribution in [2.75, 3.05) is 5.32 Å². The monoisotopic (exact) mass is 441 g/mol. The van der Waals surface area contributed by atoms with E-state index in [1.54, 1.807) is 0 Å². The Morgan fingerprint density at radius 3 is 2.75 bits per heavy atom. The van der Waals surface area contributed by atoms with Crippen LogP contribution in [-0.4, -0.2) is 32.6 Å². The number of hydrogen-bond donors (Lipinski definition) is 2. The second kappa shape index (κ2) is 7.77. The average molecular weight is 441 g/mol. The van der Waals surface area contributed by atoms with Crippen molar-refractivity contribution < 1.29 is 22.8 Å². The van der Waals surface area contributed by atoms with E-state index < -0.39 is 35.7 Å². The van der Waals surface area contributed by atoms with Crippen LogP contribution in [0.25, 0.3) is 0 Å². The summed E-state index contributed by atoms with van der Waals surface area (Å²) < 4.78 is 43.5. The van der Waals surface area contributed by atoms with Crippen LogP contribution in [0.3, 0.4) is 0 Å². The molecule has 0 bridgehead atoms. The predicted octanol–water partition coefficient (Wildman–Crippen LogP) is 3.24. The lowest BCUT2D eigenvalue weighted by atomic mass is 10.0. The van der Waals surface area contributed by atoms with Crippen LogP contribution in [0.2, 0.25) is 0 Å². The SMILES string of the molecule is O=C(N[C@H]1CCc2cc(F)cc(F)c2NC1=O)c1nc2n(n1)C(c1ccccc1)CC2F. The molecule has 1 aromatic heterocycles. The molecule has 2 amide bonds. The van der Waals surface area contributed by atoms with E-state index in [9.17, 15) is 22.8 Å². The zero-order valence-corrected chi connectivity index (χ0v) is 16.7. The van der Waals surface area contributed by atoms with Crippen LogP contribution in [0.4, 0.5) is 18.9 Å². The fraction of sp³-hybridized carbons (Fsp3) is 0.273. The molecule has 32 heavy (non-hydrogen) atoms. The summed E-state index contributed by atoms with van der Waals surface area (Å²) in [5.74, 6) is -3.21. The highest BCUT2D eigenvalue weighted by atomic mass is 19.1. The quantitative estimate of drug-likeness (QED) is 0.653. The first-order valence-electron chi connectivity index (χ1n) is 10.2. The second-order valence-electron chi connectivity index (χ2n) is 7.84. The summed E-state index contributed by atoms with van der Waals surface area (Å²) >= 11 is 0. The number of anilines is 1. The molecular weight excluding hydrogens is 423 g/mol. The minimum atomic E-state index is -1.37. The van der Waals surface area contributed by atoms with Crippen LogP contribution in [0, 0.1) is 11.6 Å². The van der Waals surface area contributed by atoms with E-state index in [1.807, 2.05) is 30.3 Å². The molecule has 3 aromatic rings. The molecule has 3 heterocycles. The van der Waals surface area contributed by atoms with Crippen LogP contribution in [0.1, 0.15) is 52.6 Å². The lowest BCUT2D eigenvalue weighted by Crippen LogP contribution is -2.43. The number of benzene rings is 2. The highest BCUT2D eigenvalue weighted by Gasteiger charge is 2.37. The number of hydrogen-bond acceptors (Lipinski definition) is 4. The molecule has 2 aromatic carbocycles. The van der Waals surface area contributed by atoms with Crippen molar-refractivity contribution in [2.24, 2.45) is 0 Å². The summed E-state index contributed by atoms with van der Waals surface area (Å²) in [4.78, 5) is 29.3. The summed E-state index contributed by atoms with van der Waals surface area (Å²) in [6.45, 7) is 0. The number of carbonyl (C=O) groups is 2. The molecule has 0 saturated heterocycles. The summed E-state index contributed by atoms with van der Waals surface area (Å²) in [6, 6.07) is 9.66. The number of nitrogens with one attached hydrogen (secondary N) is 2. The number of aromatic nitrogens is 3. The molecule has 0 aliphatic carbocycles. The number of fused-ring (bicyclic) bond motifs is 2. The molecular formula is C22H18F3N5O2. The molecule has 5 rings (SSSR count). The standard InChI is InChI=1S/C22H18F3N5O2/c23-13-8-12-6-7-16(21(31)27-18(12)14(24)9-13)26-22(32)19-28-20-15(25)10-17(30(20)29-19)11-4-2-1-3-5-11/h1-5,8-9,15-17H,6-7,10H2,(H,26,32)(H,27,31)/t15?,16-,17?/m0/s1. The molecule has 2 aliphatic heterocycles. The molecule has 0 radical (unpaired) electrons. The summed E-state index contributed by atoms with van der Waals surface area (Å²) in [5.41, 5.74) is 1.05. The Morgan fingerprint density at radius 1 is 1.19 bits per heavy atom. The molecule has 3 atom stereocenters. The number of rotatable bonds is 3. The van der Waals surface area contributed by atoms with Gasteiger partial charge in [-0.15, -0.1) is 5.10 Å². The van der Waals surface area contributed by atoms with Crippen LogP contribution in [-0.2, 0) is 11.2 Å². The molecule has 2 aliphatic rings. The fourth-order valence-electron chi connectivity index (χ4n) is 4.19. The topological polar surface area (TPSA) is 88.9 Å². The van der Waals surface area contributed by atoms with Gasteiger partial charge in [0.1, 0.15) is 17.7 Å². The van der Waals surface area contributed by atoms with Crippen molar-refractivity contribution >= 4 is 17.5 Å². The number of alkyl halides is 1. The second-order valence-corrected chi connectivity index (χ2v) is 7.84. The van der Waals surface area contributed by atoms with Gasteiger partial charge in [0.25, 0.3) is 5.91 Å². The molecule has 0 saturated carbocycles. The maximum absolute atomic E-state index is 14.5. The Labute approximate surface area is 180 Å². The van der Waals surface area contributed by atoms with Gasteiger partial charge < -0.3 is 10.6 Å². The number of halogens is 3. The number of carbonyl (C=O) groups excluding carboxylic acids is 2. The Bertz CT molecular complexity index is 1210. The lowest BCUT2D eigenvalue weighted by molar-refractivity contribution is -0.118. The Kier molecular flexibility index (Phi) is 4.91. The van der Waals surface area contributed by atoms with Gasteiger partial charge in [-0.05, 0) is 30.0 Å². The van der Waals surface area contributed by atoms with Gasteiger partial charge in [-0.25, -0.2) is 22.8 Å². The molecule has 10 heteroatoms. The van der Waals surface area contributed by atoms with Crippen LogP contribution in [0.5, 0.6) is 0 Å². The van der Waals surface area contributed by atoms with Crippen molar-refractivity contribution in [1.82, 2.24) is 20.1 Å². The van der Waals surface area contributed by atoms with Gasteiger partial charge in [-0.3, -0.25) is 9.59 Å². The highest BCUT2D eigenvalue weighted by Crippen LogP contribution is 2.39. The number of amides is 2. The van der Waals surface area contributed by atoms with Crippen LogP contribution in [0.15, 0.2) is 42.5 Å². The summed E-state index contributed by atoms with van der Waals surface area (Å²) in [5, 5.41) is 9.11. The van der Waals surface area contributed by atoms with Crippen molar-refractivity contribution in [1.29, 1.82) is 0 Å². The Morgan fingerprint density at radius 2 is 1.97 bits per heavy atom. The van der Waals surface area contributed by atoms with Crippen molar-refractivity contribution in [3.63, 3.8) is 0 Å². The van der Waals surface area contributed by atoms with E-state index in [0.717, 1.165) is 11.6 Å². The highest BCUT2D eigenvalue weighted by molar-refractivity contribution is 6.00. The predicted molar refractivity (Wildman–Crippen MR) is 108 cm³/mol. The Balaban J connectivity index is 1.35. The summed E-state index contributed by atoms with van der Waals surface area (Å²) in [6.07, 6.45) is -0.905.